The Labute approximate surface area is 256 Å². The molecule has 8 heteroatoms. The van der Waals surface area contributed by atoms with Crippen molar-refractivity contribution in [3.63, 3.8) is 0 Å². The number of unbranched alkanes of at least 4 members (excludes halogenated alkanes) is 12. The van der Waals surface area contributed by atoms with Crippen molar-refractivity contribution in [2.75, 3.05) is 16.0 Å². The van der Waals surface area contributed by atoms with Crippen molar-refractivity contribution in [2.45, 2.75) is 122 Å². The van der Waals surface area contributed by atoms with Crippen LogP contribution in [0.3, 0.4) is 0 Å². The van der Waals surface area contributed by atoms with E-state index in [0.717, 1.165) is 19.3 Å². The highest BCUT2D eigenvalue weighted by Gasteiger charge is 2.37. The van der Waals surface area contributed by atoms with Crippen LogP contribution in [0.1, 0.15) is 133 Å². The van der Waals surface area contributed by atoms with Gasteiger partial charge in [0.25, 0.3) is 5.91 Å². The number of rotatable bonds is 17. The lowest BCUT2D eigenvalue weighted by Crippen LogP contribution is -2.33. The van der Waals surface area contributed by atoms with E-state index in [-0.39, 0.29) is 40.3 Å². The van der Waals surface area contributed by atoms with Crippen molar-refractivity contribution >= 4 is 46.4 Å². The number of hydrogen-bond donors (Lipinski definition) is 4. The van der Waals surface area contributed by atoms with Gasteiger partial charge in [0.2, 0.25) is 11.8 Å². The number of amides is 3. The molecule has 3 rings (SSSR count). The van der Waals surface area contributed by atoms with E-state index in [1.165, 1.54) is 70.3 Å². The fraction of sp³-hybridized carbons (Fsp3) is 0.559. The second-order valence-electron chi connectivity index (χ2n) is 12.2. The van der Waals surface area contributed by atoms with Crippen LogP contribution in [-0.4, -0.2) is 22.8 Å². The number of hydrogen-bond acceptors (Lipinski definition) is 4. The van der Waals surface area contributed by atoms with Gasteiger partial charge < -0.3 is 21.1 Å². The van der Waals surface area contributed by atoms with E-state index >= 15 is 0 Å². The molecule has 1 heterocycles. The van der Waals surface area contributed by atoms with E-state index in [4.69, 9.17) is 11.6 Å². The molecule has 1 aliphatic rings. The first kappa shape index (κ1) is 33.4. The van der Waals surface area contributed by atoms with Gasteiger partial charge >= 0.3 is 0 Å². The van der Waals surface area contributed by atoms with Crippen LogP contribution in [0.25, 0.3) is 0 Å². The van der Waals surface area contributed by atoms with E-state index in [1.807, 2.05) is 13.8 Å². The number of benzene rings is 2. The Hall–Kier alpha value is -3.06. The predicted octanol–water partition coefficient (Wildman–Crippen LogP) is 9.34. The molecule has 0 radical (unpaired) electrons. The molecule has 2 aromatic rings. The largest absolute Gasteiger partial charge is 0.505 e. The van der Waals surface area contributed by atoms with Crippen molar-refractivity contribution in [3.8, 4) is 5.75 Å². The summed E-state index contributed by atoms with van der Waals surface area (Å²) in [6.45, 7) is 5.93. The quantitative estimate of drug-likeness (QED) is 0.108. The molecule has 0 unspecified atom stereocenters. The normalized spacial score (nSPS) is 13.8. The second kappa shape index (κ2) is 16.5. The predicted molar refractivity (Wildman–Crippen MR) is 173 cm³/mol. The van der Waals surface area contributed by atoms with E-state index < -0.39 is 11.3 Å². The second-order valence-corrected chi connectivity index (χ2v) is 12.6. The van der Waals surface area contributed by atoms with Crippen LogP contribution in [-0.2, 0) is 15.0 Å². The van der Waals surface area contributed by atoms with Gasteiger partial charge in [-0.1, -0.05) is 122 Å². The molecule has 2 aromatic carbocycles. The average molecular weight is 598 g/mol. The molecular weight excluding hydrogens is 550 g/mol. The zero-order chi connectivity index (χ0) is 30.5. The monoisotopic (exact) mass is 597 g/mol. The number of nitrogens with one attached hydrogen (secondary N) is 3. The standard InChI is InChI=1S/C34H48ClN3O4/c1-4-5-6-7-8-9-10-11-12-13-14-15-16-21-28(39)36-26-20-18-17-19-24(26)33(42)37-27-22-25(35)31-30(32(27)41)34(2,3)23-29(40)38-31/h17-20,22,41H,4-16,21,23H2,1-3H3,(H,36,39)(H,37,42)(H,38,40). The number of para-hydroxylation sites is 1. The number of carbonyl (C=O) groups is 3. The molecule has 0 aromatic heterocycles. The van der Waals surface area contributed by atoms with Gasteiger partial charge in [0, 0.05) is 23.8 Å². The number of halogens is 1. The number of aromatic hydroxyl groups is 1. The zero-order valence-corrected chi connectivity index (χ0v) is 26.3. The minimum absolute atomic E-state index is 0.129. The van der Waals surface area contributed by atoms with Gasteiger partial charge in [0.1, 0.15) is 5.75 Å². The Morgan fingerprint density at radius 2 is 1.45 bits per heavy atom. The SMILES string of the molecule is CCCCCCCCCCCCCCCC(=O)Nc1ccccc1C(=O)Nc1cc(Cl)c2c(c1O)C(C)(C)CC(=O)N2. The molecule has 7 nitrogen and oxygen atoms in total. The van der Waals surface area contributed by atoms with E-state index in [9.17, 15) is 19.5 Å². The minimum atomic E-state index is -0.675. The molecule has 0 saturated heterocycles. The Kier molecular flexibility index (Phi) is 13.2. The summed E-state index contributed by atoms with van der Waals surface area (Å²) in [5.41, 5.74) is 0.980. The molecule has 0 saturated carbocycles. The third kappa shape index (κ3) is 9.75. The molecule has 0 bridgehead atoms. The maximum absolute atomic E-state index is 13.3. The molecule has 3 amide bonds. The van der Waals surface area contributed by atoms with E-state index in [0.29, 0.717) is 23.4 Å². The van der Waals surface area contributed by atoms with E-state index in [2.05, 4.69) is 22.9 Å². The highest BCUT2D eigenvalue weighted by molar-refractivity contribution is 6.35. The molecule has 0 spiro atoms. The summed E-state index contributed by atoms with van der Waals surface area (Å²) < 4.78 is 0. The van der Waals surface area contributed by atoms with Crippen LogP contribution >= 0.6 is 11.6 Å². The van der Waals surface area contributed by atoms with Gasteiger partial charge in [-0.15, -0.1) is 0 Å². The Balaban J connectivity index is 1.46. The molecule has 0 fully saturated rings. The van der Waals surface area contributed by atoms with Crippen molar-refractivity contribution < 1.29 is 19.5 Å². The molecular formula is C34H48ClN3O4. The lowest BCUT2D eigenvalue weighted by atomic mass is 9.77. The smallest absolute Gasteiger partial charge is 0.257 e. The highest BCUT2D eigenvalue weighted by atomic mass is 35.5. The fourth-order valence-corrected chi connectivity index (χ4v) is 5.94. The number of phenols is 1. The molecule has 1 aliphatic heterocycles. The summed E-state index contributed by atoms with van der Waals surface area (Å²) in [5, 5.41) is 19.6. The van der Waals surface area contributed by atoms with Crippen LogP contribution in [0.15, 0.2) is 30.3 Å². The number of carbonyl (C=O) groups excluding carboxylic acids is 3. The first-order valence-electron chi connectivity index (χ1n) is 15.7. The molecule has 0 aliphatic carbocycles. The fourth-order valence-electron chi connectivity index (χ4n) is 5.69. The molecule has 230 valence electrons. The number of anilines is 3. The van der Waals surface area contributed by atoms with Crippen molar-refractivity contribution in [1.82, 2.24) is 0 Å². The molecule has 42 heavy (non-hydrogen) atoms. The van der Waals surface area contributed by atoms with Crippen LogP contribution in [0.2, 0.25) is 5.02 Å². The summed E-state index contributed by atoms with van der Waals surface area (Å²) in [4.78, 5) is 38.0. The highest BCUT2D eigenvalue weighted by Crippen LogP contribution is 2.49. The van der Waals surface area contributed by atoms with Crippen LogP contribution < -0.4 is 16.0 Å². The molecule has 0 atom stereocenters. The van der Waals surface area contributed by atoms with Gasteiger partial charge in [-0.2, -0.15) is 0 Å². The summed E-state index contributed by atoms with van der Waals surface area (Å²) in [7, 11) is 0. The summed E-state index contributed by atoms with van der Waals surface area (Å²) in [5.74, 6) is -0.947. The minimum Gasteiger partial charge on any atom is -0.505 e. The van der Waals surface area contributed by atoms with Gasteiger partial charge in [-0.25, -0.2) is 0 Å². The maximum atomic E-state index is 13.3. The first-order valence-corrected chi connectivity index (χ1v) is 16.1. The molecule has 4 N–H and O–H groups in total. The van der Waals surface area contributed by atoms with Gasteiger partial charge in [-0.05, 0) is 24.6 Å². The van der Waals surface area contributed by atoms with Crippen molar-refractivity contribution in [2.24, 2.45) is 0 Å². The Morgan fingerprint density at radius 3 is 2.07 bits per heavy atom. The van der Waals surface area contributed by atoms with Crippen LogP contribution in [0.4, 0.5) is 17.1 Å². The average Bonchev–Trinajstić information content (AvgIpc) is 2.93. The third-order valence-electron chi connectivity index (χ3n) is 8.00. The van der Waals surface area contributed by atoms with Gasteiger partial charge in [0.15, 0.2) is 0 Å². The van der Waals surface area contributed by atoms with Crippen LogP contribution in [0.5, 0.6) is 5.75 Å². The zero-order valence-electron chi connectivity index (χ0n) is 25.5. The summed E-state index contributed by atoms with van der Waals surface area (Å²) >= 11 is 6.44. The van der Waals surface area contributed by atoms with Gasteiger partial charge in [0.05, 0.1) is 27.6 Å². The van der Waals surface area contributed by atoms with Crippen molar-refractivity contribution in [3.05, 3.63) is 46.5 Å². The van der Waals surface area contributed by atoms with Gasteiger partial charge in [-0.3, -0.25) is 14.4 Å². The van der Waals surface area contributed by atoms with E-state index in [1.54, 1.807) is 24.3 Å². The Morgan fingerprint density at radius 1 is 0.881 bits per heavy atom. The van der Waals surface area contributed by atoms with Crippen LogP contribution in [0, 0.1) is 0 Å². The summed E-state index contributed by atoms with van der Waals surface area (Å²) in [6.07, 6.45) is 16.8. The maximum Gasteiger partial charge on any atom is 0.257 e. The lowest BCUT2D eigenvalue weighted by Gasteiger charge is -2.34. The number of phenolic OH excluding ortho intramolecular Hbond substituents is 1. The number of fused-ring (bicyclic) bond motifs is 1. The Bertz CT molecular complexity index is 1230. The lowest BCUT2D eigenvalue weighted by molar-refractivity contribution is -0.118. The first-order chi connectivity index (χ1) is 20.1. The van der Waals surface area contributed by atoms with Crippen molar-refractivity contribution in [1.29, 1.82) is 0 Å². The summed E-state index contributed by atoms with van der Waals surface area (Å²) in [6, 6.07) is 8.21. The third-order valence-corrected chi connectivity index (χ3v) is 8.29. The topological polar surface area (TPSA) is 108 Å².